The lowest BCUT2D eigenvalue weighted by atomic mass is 9.55. The maximum atomic E-state index is 6.43. The van der Waals surface area contributed by atoms with Gasteiger partial charge in [-0.15, -0.1) is 0 Å². The topological polar surface area (TPSA) is 44.5 Å². The molecule has 4 heteroatoms. The van der Waals surface area contributed by atoms with Crippen LogP contribution in [0.2, 0.25) is 0 Å². The van der Waals surface area contributed by atoms with E-state index in [0.717, 1.165) is 18.0 Å². The van der Waals surface area contributed by atoms with Crippen molar-refractivity contribution in [1.82, 2.24) is 15.1 Å². The van der Waals surface area contributed by atoms with Gasteiger partial charge in [-0.25, -0.2) is 0 Å². The van der Waals surface area contributed by atoms with Crippen molar-refractivity contribution in [2.24, 2.45) is 17.1 Å². The molecule has 2 saturated carbocycles. The second-order valence-electron chi connectivity index (χ2n) is 8.03. The highest BCUT2D eigenvalue weighted by Gasteiger charge is 2.55. The Bertz CT molecular complexity index is 375. The molecular formula is C16H30N4. The SMILES string of the molecule is CN1CCC2(CC1)C(N)CC2NC1C[C@@H]2C[C@H]1CN2C. The van der Waals surface area contributed by atoms with E-state index in [2.05, 4.69) is 29.2 Å². The van der Waals surface area contributed by atoms with Crippen molar-refractivity contribution in [2.45, 2.75) is 56.3 Å². The van der Waals surface area contributed by atoms with Gasteiger partial charge in [-0.05, 0) is 65.2 Å². The van der Waals surface area contributed by atoms with E-state index in [1.165, 1.54) is 51.7 Å². The summed E-state index contributed by atoms with van der Waals surface area (Å²) in [4.78, 5) is 5.01. The smallest absolute Gasteiger partial charge is 0.0157 e. The van der Waals surface area contributed by atoms with Crippen molar-refractivity contribution in [2.75, 3.05) is 33.7 Å². The monoisotopic (exact) mass is 278 g/mol. The zero-order valence-electron chi connectivity index (χ0n) is 13.0. The predicted octanol–water partition coefficient (Wildman–Crippen LogP) is 0.480. The molecule has 0 amide bonds. The van der Waals surface area contributed by atoms with Crippen molar-refractivity contribution in [3.8, 4) is 0 Å². The lowest BCUT2D eigenvalue weighted by Gasteiger charge is -2.59. The van der Waals surface area contributed by atoms with E-state index in [9.17, 15) is 0 Å². The van der Waals surface area contributed by atoms with Crippen LogP contribution in [0.3, 0.4) is 0 Å². The average Bonchev–Trinajstić information content (AvgIpc) is 2.98. The molecule has 0 aromatic heterocycles. The van der Waals surface area contributed by atoms with Crippen LogP contribution >= 0.6 is 0 Å². The summed E-state index contributed by atoms with van der Waals surface area (Å²) in [6.07, 6.45) is 6.57. The zero-order valence-corrected chi connectivity index (χ0v) is 13.0. The highest BCUT2D eigenvalue weighted by molar-refractivity contribution is 5.13. The third-order valence-corrected chi connectivity index (χ3v) is 7.07. The molecule has 1 spiro atoms. The molecular weight excluding hydrogens is 248 g/mol. The van der Waals surface area contributed by atoms with E-state index in [1.54, 1.807) is 0 Å². The van der Waals surface area contributed by atoms with E-state index < -0.39 is 0 Å². The Hall–Kier alpha value is -0.160. The van der Waals surface area contributed by atoms with Crippen molar-refractivity contribution in [1.29, 1.82) is 0 Å². The Morgan fingerprint density at radius 1 is 1.10 bits per heavy atom. The number of nitrogens with two attached hydrogens (primary N) is 1. The summed E-state index contributed by atoms with van der Waals surface area (Å²) < 4.78 is 0. The highest BCUT2D eigenvalue weighted by Crippen LogP contribution is 2.49. The van der Waals surface area contributed by atoms with E-state index in [4.69, 9.17) is 5.73 Å². The summed E-state index contributed by atoms with van der Waals surface area (Å²) in [5.41, 5.74) is 6.85. The number of likely N-dealkylation sites (tertiary alicyclic amines) is 2. The molecule has 20 heavy (non-hydrogen) atoms. The number of fused-ring (bicyclic) bond motifs is 2. The average molecular weight is 278 g/mol. The molecule has 4 nitrogen and oxygen atoms in total. The lowest BCUT2D eigenvalue weighted by molar-refractivity contribution is -0.0320. The third-order valence-electron chi connectivity index (χ3n) is 7.07. The summed E-state index contributed by atoms with van der Waals surface area (Å²) in [5.74, 6) is 0.894. The fourth-order valence-electron chi connectivity index (χ4n) is 5.45. The van der Waals surface area contributed by atoms with Crippen LogP contribution in [0.15, 0.2) is 0 Å². The van der Waals surface area contributed by atoms with Gasteiger partial charge >= 0.3 is 0 Å². The minimum Gasteiger partial charge on any atom is -0.327 e. The lowest BCUT2D eigenvalue weighted by Crippen LogP contribution is -2.70. The number of rotatable bonds is 2. The second kappa shape index (κ2) is 4.67. The molecule has 2 saturated heterocycles. The second-order valence-corrected chi connectivity index (χ2v) is 8.03. The van der Waals surface area contributed by atoms with Gasteiger partial charge in [-0.3, -0.25) is 0 Å². The minimum absolute atomic E-state index is 0.417. The van der Waals surface area contributed by atoms with E-state index in [1.807, 2.05) is 0 Å². The summed E-state index contributed by atoms with van der Waals surface area (Å²) in [6.45, 7) is 3.76. The number of nitrogens with zero attached hydrogens (tertiary/aromatic N) is 2. The molecule has 5 atom stereocenters. The standard InChI is InChI=1S/C16H30N4/c1-19-5-3-16(4-6-19)14(17)9-15(16)18-13-8-12-7-11(13)10-20(12)2/h11-15,18H,3-10,17H2,1-2H3/t11-,12-,13?,14?,15?/m0/s1. The molecule has 4 rings (SSSR count). The first-order chi connectivity index (χ1) is 9.58. The van der Waals surface area contributed by atoms with Crippen LogP contribution < -0.4 is 11.1 Å². The van der Waals surface area contributed by atoms with Crippen molar-refractivity contribution < 1.29 is 0 Å². The van der Waals surface area contributed by atoms with E-state index in [0.29, 0.717) is 17.5 Å². The maximum Gasteiger partial charge on any atom is 0.0157 e. The van der Waals surface area contributed by atoms with Crippen LogP contribution in [-0.4, -0.2) is 67.7 Å². The quantitative estimate of drug-likeness (QED) is 0.771. The Morgan fingerprint density at radius 3 is 2.40 bits per heavy atom. The number of hydrogen-bond acceptors (Lipinski definition) is 4. The molecule has 2 bridgehead atoms. The third kappa shape index (κ3) is 1.88. The van der Waals surface area contributed by atoms with Crippen molar-refractivity contribution >= 4 is 0 Å². The molecule has 4 aliphatic rings. The first-order valence-corrected chi connectivity index (χ1v) is 8.49. The minimum atomic E-state index is 0.417. The van der Waals surface area contributed by atoms with Gasteiger partial charge in [0.05, 0.1) is 0 Å². The van der Waals surface area contributed by atoms with Crippen LogP contribution in [-0.2, 0) is 0 Å². The largest absolute Gasteiger partial charge is 0.327 e. The van der Waals surface area contributed by atoms with Gasteiger partial charge in [0.2, 0.25) is 0 Å². The number of piperidine rings is 2. The van der Waals surface area contributed by atoms with Gasteiger partial charge in [0, 0.05) is 36.1 Å². The van der Waals surface area contributed by atoms with Crippen LogP contribution in [0.25, 0.3) is 0 Å². The van der Waals surface area contributed by atoms with Gasteiger partial charge in [0.25, 0.3) is 0 Å². The zero-order chi connectivity index (χ0) is 13.9. The first kappa shape index (κ1) is 13.5. The van der Waals surface area contributed by atoms with Gasteiger partial charge in [-0.2, -0.15) is 0 Å². The summed E-state index contributed by atoms with van der Waals surface area (Å²) in [7, 11) is 4.53. The van der Waals surface area contributed by atoms with Crippen LogP contribution in [0.1, 0.15) is 32.1 Å². The van der Waals surface area contributed by atoms with E-state index in [-0.39, 0.29) is 0 Å². The molecule has 3 N–H and O–H groups in total. The van der Waals surface area contributed by atoms with Gasteiger partial charge in [-0.1, -0.05) is 0 Å². The highest BCUT2D eigenvalue weighted by atomic mass is 15.2. The van der Waals surface area contributed by atoms with Gasteiger partial charge in [0.15, 0.2) is 0 Å². The first-order valence-electron chi connectivity index (χ1n) is 8.49. The fourth-order valence-corrected chi connectivity index (χ4v) is 5.45. The van der Waals surface area contributed by atoms with Crippen LogP contribution in [0.5, 0.6) is 0 Å². The molecule has 0 aromatic rings. The molecule has 2 aliphatic carbocycles. The summed E-state index contributed by atoms with van der Waals surface area (Å²) >= 11 is 0. The Balaban J connectivity index is 1.40. The molecule has 114 valence electrons. The molecule has 2 aliphatic heterocycles. The van der Waals surface area contributed by atoms with Gasteiger partial charge in [0.1, 0.15) is 0 Å². The Labute approximate surface area is 123 Å². The van der Waals surface area contributed by atoms with Crippen molar-refractivity contribution in [3.05, 3.63) is 0 Å². The molecule has 0 aromatic carbocycles. The maximum absolute atomic E-state index is 6.43. The molecule has 4 fully saturated rings. The number of nitrogens with one attached hydrogen (secondary N) is 1. The summed E-state index contributed by atoms with van der Waals surface area (Å²) in [5, 5.41) is 4.05. The normalized spacial score (nSPS) is 47.9. The predicted molar refractivity (Wildman–Crippen MR) is 81.6 cm³/mol. The van der Waals surface area contributed by atoms with E-state index >= 15 is 0 Å². The Kier molecular flexibility index (Phi) is 3.15. The Morgan fingerprint density at radius 2 is 1.85 bits per heavy atom. The molecule has 0 radical (unpaired) electrons. The van der Waals surface area contributed by atoms with Crippen LogP contribution in [0.4, 0.5) is 0 Å². The molecule has 2 heterocycles. The van der Waals surface area contributed by atoms with Crippen molar-refractivity contribution in [3.63, 3.8) is 0 Å². The molecule has 3 unspecified atom stereocenters. The number of hydrogen-bond donors (Lipinski definition) is 2. The van der Waals surface area contributed by atoms with Gasteiger partial charge < -0.3 is 20.9 Å². The fraction of sp³-hybridized carbons (Fsp3) is 1.00. The van der Waals surface area contributed by atoms with Crippen LogP contribution in [0, 0.1) is 11.3 Å². The summed E-state index contributed by atoms with van der Waals surface area (Å²) in [6, 6.07) is 2.75.